The highest BCUT2D eigenvalue weighted by Gasteiger charge is 2.37. The summed E-state index contributed by atoms with van der Waals surface area (Å²) in [4.78, 5) is 11.2. The summed E-state index contributed by atoms with van der Waals surface area (Å²) in [6.07, 6.45) is -0.804. The van der Waals surface area contributed by atoms with Crippen molar-refractivity contribution in [1.29, 1.82) is 0 Å². The van der Waals surface area contributed by atoms with Crippen LogP contribution in [0.1, 0.15) is 41.5 Å². The first-order valence-corrected chi connectivity index (χ1v) is 8.00. The molecule has 2 N–H and O–H groups in total. The summed E-state index contributed by atoms with van der Waals surface area (Å²) in [5.74, 6) is 0. The zero-order chi connectivity index (χ0) is 16.7. The van der Waals surface area contributed by atoms with E-state index in [2.05, 4.69) is 10.1 Å². The van der Waals surface area contributed by atoms with E-state index in [9.17, 15) is 9.36 Å². The van der Waals surface area contributed by atoms with Crippen LogP contribution in [0.25, 0.3) is 0 Å². The summed E-state index contributed by atoms with van der Waals surface area (Å²) in [6.45, 7) is 9.43. The van der Waals surface area contributed by atoms with Crippen molar-refractivity contribution in [2.75, 3.05) is 19.9 Å². The van der Waals surface area contributed by atoms with E-state index in [4.69, 9.17) is 18.7 Å². The van der Waals surface area contributed by atoms with Crippen molar-refractivity contribution >= 4 is 13.9 Å². The minimum atomic E-state index is -3.90. The van der Waals surface area contributed by atoms with E-state index >= 15 is 0 Å². The monoisotopic (exact) mass is 327 g/mol. The van der Waals surface area contributed by atoms with Gasteiger partial charge in [-0.25, -0.2) is 13.9 Å². The number of carbonyl (C=O) groups is 1. The van der Waals surface area contributed by atoms with Crippen LogP contribution in [0.3, 0.4) is 0 Å². The number of carbonyl (C=O) groups excluding carboxylic acids is 1. The van der Waals surface area contributed by atoms with Gasteiger partial charge in [-0.2, -0.15) is 0 Å². The Balaban J connectivity index is 4.56. The quantitative estimate of drug-likeness (QED) is 0.546. The Morgan fingerprint density at radius 2 is 1.57 bits per heavy atom. The minimum absolute atomic E-state index is 0.0491. The number of hydrogen-bond acceptors (Lipinski definition) is 7. The van der Waals surface area contributed by atoms with Crippen LogP contribution in [0.5, 0.6) is 0 Å². The number of aliphatic hydroxyl groups is 1. The summed E-state index contributed by atoms with van der Waals surface area (Å²) < 4.78 is 32.8. The van der Waals surface area contributed by atoms with E-state index in [0.29, 0.717) is 0 Å². The molecule has 0 unspecified atom stereocenters. The van der Waals surface area contributed by atoms with Crippen molar-refractivity contribution in [2.45, 2.75) is 52.7 Å². The van der Waals surface area contributed by atoms with E-state index in [0.717, 1.165) is 0 Å². The third kappa shape index (κ3) is 11.7. The molecule has 0 saturated carbocycles. The van der Waals surface area contributed by atoms with Gasteiger partial charge in [0.15, 0.2) is 0 Å². The van der Waals surface area contributed by atoms with Crippen LogP contribution in [0.4, 0.5) is 4.79 Å². The molecule has 0 saturated heterocycles. The first-order valence-electron chi connectivity index (χ1n) is 6.54. The molecule has 0 aromatic rings. The highest BCUT2D eigenvalue weighted by molar-refractivity contribution is 7.48. The smallest absolute Gasteiger partial charge is 0.422 e. The molecule has 0 aromatic heterocycles. The largest absolute Gasteiger partial charge is 0.478 e. The topological polar surface area (TPSA) is 103 Å². The molecule has 0 spiro atoms. The molecule has 21 heavy (non-hydrogen) atoms. The fraction of sp³-hybridized carbons (Fsp3) is 0.917. The van der Waals surface area contributed by atoms with Gasteiger partial charge in [-0.1, -0.05) is 0 Å². The van der Waals surface area contributed by atoms with Crippen LogP contribution >= 0.6 is 7.82 Å². The molecule has 0 aliphatic rings. The van der Waals surface area contributed by atoms with Gasteiger partial charge < -0.3 is 15.2 Å². The fourth-order valence-corrected chi connectivity index (χ4v) is 2.76. The normalized spacial score (nSPS) is 13.1. The van der Waals surface area contributed by atoms with Crippen LogP contribution in [0, 0.1) is 0 Å². The van der Waals surface area contributed by atoms with Crippen molar-refractivity contribution < 1.29 is 32.8 Å². The molecule has 0 radical (unpaired) electrons. The van der Waals surface area contributed by atoms with Crippen molar-refractivity contribution in [1.82, 2.24) is 5.32 Å². The SMILES string of the molecule is CC(C)(C)OP(=O)(OCOC(=O)NCCO)OC(C)(C)C. The second kappa shape index (κ2) is 8.10. The Bertz CT molecular complexity index is 353. The highest BCUT2D eigenvalue weighted by Crippen LogP contribution is 2.55. The number of nitrogens with one attached hydrogen (secondary N) is 1. The van der Waals surface area contributed by atoms with Crippen molar-refractivity contribution in [3.63, 3.8) is 0 Å². The Hall–Kier alpha value is -0.660. The number of rotatable bonds is 7. The average Bonchev–Trinajstić information content (AvgIpc) is 2.20. The Kier molecular flexibility index (Phi) is 7.84. The van der Waals surface area contributed by atoms with Gasteiger partial charge in [0.2, 0.25) is 6.79 Å². The summed E-state index contributed by atoms with van der Waals surface area (Å²) in [6, 6.07) is 0. The van der Waals surface area contributed by atoms with Gasteiger partial charge in [0, 0.05) is 6.54 Å². The summed E-state index contributed by atoms with van der Waals surface area (Å²) >= 11 is 0. The maximum Gasteiger partial charge on any atom is 0.478 e. The van der Waals surface area contributed by atoms with Crippen LogP contribution in [0.15, 0.2) is 0 Å². The number of aliphatic hydroxyl groups excluding tert-OH is 1. The van der Waals surface area contributed by atoms with Crippen molar-refractivity contribution in [3.05, 3.63) is 0 Å². The van der Waals surface area contributed by atoms with Gasteiger partial charge in [0.1, 0.15) is 0 Å². The van der Waals surface area contributed by atoms with Crippen LogP contribution < -0.4 is 5.32 Å². The van der Waals surface area contributed by atoms with Crippen LogP contribution in [-0.2, 0) is 22.9 Å². The number of phosphoric acid groups is 1. The molecular formula is C12H26NO7P. The number of amides is 1. The van der Waals surface area contributed by atoms with Crippen molar-refractivity contribution in [2.24, 2.45) is 0 Å². The molecule has 0 rings (SSSR count). The number of phosphoric ester groups is 1. The second-order valence-electron chi connectivity index (χ2n) is 6.18. The lowest BCUT2D eigenvalue weighted by Crippen LogP contribution is -2.29. The molecule has 0 heterocycles. The van der Waals surface area contributed by atoms with Gasteiger partial charge in [-0.3, -0.25) is 9.05 Å². The minimum Gasteiger partial charge on any atom is -0.422 e. The molecule has 0 aliphatic carbocycles. The highest BCUT2D eigenvalue weighted by atomic mass is 31.2. The lowest BCUT2D eigenvalue weighted by atomic mass is 10.2. The first-order chi connectivity index (χ1) is 9.37. The first kappa shape index (κ1) is 20.3. The van der Waals surface area contributed by atoms with E-state index in [1.54, 1.807) is 41.5 Å². The van der Waals surface area contributed by atoms with Crippen LogP contribution in [-0.4, -0.2) is 42.3 Å². The molecule has 126 valence electrons. The Labute approximate surface area is 125 Å². The van der Waals surface area contributed by atoms with Crippen molar-refractivity contribution in [3.8, 4) is 0 Å². The fourth-order valence-electron chi connectivity index (χ4n) is 1.10. The summed E-state index contributed by atoms with van der Waals surface area (Å²) in [5, 5.41) is 10.8. The lowest BCUT2D eigenvalue weighted by molar-refractivity contribution is -0.0286. The molecule has 9 heteroatoms. The molecule has 8 nitrogen and oxygen atoms in total. The average molecular weight is 327 g/mol. The molecule has 0 atom stereocenters. The van der Waals surface area contributed by atoms with Gasteiger partial charge >= 0.3 is 13.9 Å². The van der Waals surface area contributed by atoms with E-state index in [-0.39, 0.29) is 13.2 Å². The second-order valence-corrected chi connectivity index (χ2v) is 7.70. The van der Waals surface area contributed by atoms with E-state index in [1.165, 1.54) is 0 Å². The third-order valence-corrected chi connectivity index (χ3v) is 3.52. The predicted octanol–water partition coefficient (Wildman–Crippen LogP) is 2.42. The number of alkyl carbamates (subject to hydrolysis) is 1. The molecule has 0 aromatic carbocycles. The summed E-state index contributed by atoms with van der Waals surface area (Å²) in [5.41, 5.74) is -1.53. The molecule has 1 amide bonds. The number of ether oxygens (including phenoxy) is 1. The lowest BCUT2D eigenvalue weighted by Gasteiger charge is -2.30. The third-order valence-electron chi connectivity index (χ3n) is 1.55. The standard InChI is InChI=1S/C12H26NO7P/c1-11(2,3)19-21(16,20-12(4,5)6)18-9-17-10(15)13-7-8-14/h14H,7-9H2,1-6H3,(H,13,15). The number of hydrogen-bond donors (Lipinski definition) is 2. The molecule has 0 aliphatic heterocycles. The Morgan fingerprint density at radius 3 is 1.95 bits per heavy atom. The van der Waals surface area contributed by atoms with Crippen LogP contribution in [0.2, 0.25) is 0 Å². The zero-order valence-electron chi connectivity index (χ0n) is 13.5. The Morgan fingerprint density at radius 1 is 1.10 bits per heavy atom. The van der Waals surface area contributed by atoms with Gasteiger partial charge in [0.05, 0.1) is 17.8 Å². The molecular weight excluding hydrogens is 301 g/mol. The molecule has 0 fully saturated rings. The van der Waals surface area contributed by atoms with E-state index in [1.807, 2.05) is 0 Å². The maximum atomic E-state index is 12.5. The maximum absolute atomic E-state index is 12.5. The predicted molar refractivity (Wildman–Crippen MR) is 76.8 cm³/mol. The van der Waals surface area contributed by atoms with E-state index < -0.39 is 31.9 Å². The van der Waals surface area contributed by atoms with Gasteiger partial charge in [0.25, 0.3) is 0 Å². The van der Waals surface area contributed by atoms with Gasteiger partial charge in [-0.15, -0.1) is 0 Å². The zero-order valence-corrected chi connectivity index (χ0v) is 14.4. The molecule has 0 bridgehead atoms. The van der Waals surface area contributed by atoms with Gasteiger partial charge in [-0.05, 0) is 41.5 Å². The summed E-state index contributed by atoms with van der Waals surface area (Å²) in [7, 11) is -3.90.